The van der Waals surface area contributed by atoms with E-state index in [-0.39, 0.29) is 18.3 Å². The summed E-state index contributed by atoms with van der Waals surface area (Å²) in [4.78, 5) is 11.7. The zero-order valence-electron chi connectivity index (χ0n) is 10.1. The second-order valence-electron chi connectivity index (χ2n) is 4.40. The molecule has 1 saturated heterocycles. The van der Waals surface area contributed by atoms with E-state index < -0.39 is 0 Å². The van der Waals surface area contributed by atoms with E-state index >= 15 is 0 Å². The normalized spacial score (nSPS) is 18.2. The van der Waals surface area contributed by atoms with E-state index in [4.69, 9.17) is 11.6 Å². The molecule has 18 heavy (non-hydrogen) atoms. The lowest BCUT2D eigenvalue weighted by Crippen LogP contribution is -2.37. The van der Waals surface area contributed by atoms with Crippen LogP contribution in [-0.2, 0) is 11.2 Å². The fourth-order valence-electron chi connectivity index (χ4n) is 2.06. The predicted molar refractivity (Wildman–Crippen MR) is 76.4 cm³/mol. The Kier molecular flexibility index (Phi) is 6.47. The maximum Gasteiger partial charge on any atom is 0.224 e. The van der Waals surface area contributed by atoms with Crippen LogP contribution in [0.15, 0.2) is 24.3 Å². The Morgan fingerprint density at radius 1 is 1.50 bits per heavy atom. The second-order valence-corrected chi connectivity index (χ2v) is 4.84. The summed E-state index contributed by atoms with van der Waals surface area (Å²) in [6, 6.07) is 7.86. The van der Waals surface area contributed by atoms with Crippen molar-refractivity contribution >= 4 is 29.9 Å². The predicted octanol–water partition coefficient (Wildman–Crippen LogP) is 2.17. The molecule has 1 aromatic rings. The van der Waals surface area contributed by atoms with Crippen LogP contribution in [0.2, 0.25) is 5.02 Å². The van der Waals surface area contributed by atoms with Gasteiger partial charge in [-0.3, -0.25) is 4.79 Å². The van der Waals surface area contributed by atoms with Crippen molar-refractivity contribution in [2.45, 2.75) is 25.3 Å². The molecule has 2 N–H and O–H groups in total. The zero-order chi connectivity index (χ0) is 12.1. The number of hydrogen-bond acceptors (Lipinski definition) is 2. The van der Waals surface area contributed by atoms with Crippen LogP contribution in [0.25, 0.3) is 0 Å². The number of carbonyl (C=O) groups excluding carboxylic acids is 1. The van der Waals surface area contributed by atoms with Crippen LogP contribution < -0.4 is 10.6 Å². The summed E-state index contributed by atoms with van der Waals surface area (Å²) in [6.45, 7) is 1.79. The minimum atomic E-state index is 0. The lowest BCUT2D eigenvalue weighted by Gasteiger charge is -2.11. The molecule has 1 aliphatic rings. The third-order valence-electron chi connectivity index (χ3n) is 2.96. The van der Waals surface area contributed by atoms with Gasteiger partial charge in [-0.25, -0.2) is 0 Å². The topological polar surface area (TPSA) is 41.1 Å². The van der Waals surface area contributed by atoms with E-state index in [2.05, 4.69) is 10.6 Å². The quantitative estimate of drug-likeness (QED) is 0.892. The highest BCUT2D eigenvalue weighted by Gasteiger charge is 2.14. The Bertz CT molecular complexity index is 392. The smallest absolute Gasteiger partial charge is 0.224 e. The Hall–Kier alpha value is -0.770. The average molecular weight is 289 g/mol. The lowest BCUT2D eigenvalue weighted by atomic mass is 10.1. The van der Waals surface area contributed by atoms with E-state index in [9.17, 15) is 4.79 Å². The first kappa shape index (κ1) is 15.3. The van der Waals surface area contributed by atoms with Crippen molar-refractivity contribution in [2.75, 3.05) is 13.1 Å². The van der Waals surface area contributed by atoms with Gasteiger partial charge in [-0.15, -0.1) is 12.4 Å². The number of amides is 1. The van der Waals surface area contributed by atoms with E-state index in [1.54, 1.807) is 0 Å². The molecule has 0 saturated carbocycles. The SMILES string of the molecule is Cl.O=C(Cc1cccc(Cl)c1)NCC1CCCN1. The number of halogens is 2. The second kappa shape index (κ2) is 7.62. The summed E-state index contributed by atoms with van der Waals surface area (Å²) in [7, 11) is 0. The summed E-state index contributed by atoms with van der Waals surface area (Å²) >= 11 is 5.87. The average Bonchev–Trinajstić information content (AvgIpc) is 2.79. The largest absolute Gasteiger partial charge is 0.354 e. The molecule has 1 aliphatic heterocycles. The van der Waals surface area contributed by atoms with Crippen LogP contribution in [0, 0.1) is 0 Å². The highest BCUT2D eigenvalue weighted by molar-refractivity contribution is 6.30. The van der Waals surface area contributed by atoms with Crippen LogP contribution in [-0.4, -0.2) is 25.0 Å². The van der Waals surface area contributed by atoms with Crippen molar-refractivity contribution in [2.24, 2.45) is 0 Å². The van der Waals surface area contributed by atoms with Crippen LogP contribution in [0.4, 0.5) is 0 Å². The van der Waals surface area contributed by atoms with E-state index in [0.29, 0.717) is 17.5 Å². The van der Waals surface area contributed by atoms with Crippen molar-refractivity contribution in [1.29, 1.82) is 0 Å². The van der Waals surface area contributed by atoms with Gasteiger partial charge >= 0.3 is 0 Å². The fourth-order valence-corrected chi connectivity index (χ4v) is 2.28. The summed E-state index contributed by atoms with van der Waals surface area (Å²) in [5.74, 6) is 0.0565. The summed E-state index contributed by atoms with van der Waals surface area (Å²) in [5.41, 5.74) is 0.953. The van der Waals surface area contributed by atoms with Gasteiger partial charge in [0.05, 0.1) is 6.42 Å². The number of benzene rings is 1. The van der Waals surface area contributed by atoms with Crippen LogP contribution in [0.3, 0.4) is 0 Å². The lowest BCUT2D eigenvalue weighted by molar-refractivity contribution is -0.120. The first-order valence-corrected chi connectivity index (χ1v) is 6.36. The van der Waals surface area contributed by atoms with Gasteiger partial charge < -0.3 is 10.6 Å². The first-order chi connectivity index (χ1) is 8.24. The molecular formula is C13H18Cl2N2O. The minimum Gasteiger partial charge on any atom is -0.354 e. The van der Waals surface area contributed by atoms with Gasteiger partial charge in [0.15, 0.2) is 0 Å². The molecule has 0 aliphatic carbocycles. The third-order valence-corrected chi connectivity index (χ3v) is 3.20. The molecule has 1 aromatic carbocycles. The van der Waals surface area contributed by atoms with Gasteiger partial charge in [-0.2, -0.15) is 0 Å². The molecule has 3 nitrogen and oxygen atoms in total. The molecule has 0 aromatic heterocycles. The van der Waals surface area contributed by atoms with Gasteiger partial charge in [0.25, 0.3) is 0 Å². The van der Waals surface area contributed by atoms with Crippen molar-refractivity contribution < 1.29 is 4.79 Å². The molecule has 100 valence electrons. The van der Waals surface area contributed by atoms with Crippen LogP contribution in [0.1, 0.15) is 18.4 Å². The monoisotopic (exact) mass is 288 g/mol. The maximum absolute atomic E-state index is 11.7. The number of carbonyl (C=O) groups is 1. The first-order valence-electron chi connectivity index (χ1n) is 5.98. The number of hydrogen-bond donors (Lipinski definition) is 2. The number of nitrogens with one attached hydrogen (secondary N) is 2. The van der Waals surface area contributed by atoms with Gasteiger partial charge in [-0.1, -0.05) is 23.7 Å². The van der Waals surface area contributed by atoms with Crippen molar-refractivity contribution in [3.63, 3.8) is 0 Å². The van der Waals surface area contributed by atoms with Gasteiger partial charge in [0.1, 0.15) is 0 Å². The Balaban J connectivity index is 0.00000162. The molecule has 1 atom stereocenters. The standard InChI is InChI=1S/C13H17ClN2O.ClH/c14-11-4-1-3-10(7-11)8-13(17)16-9-12-5-2-6-15-12;/h1,3-4,7,12,15H,2,5-6,8-9H2,(H,16,17);1H. The molecule has 0 bridgehead atoms. The van der Waals surface area contributed by atoms with E-state index in [1.165, 1.54) is 6.42 Å². The van der Waals surface area contributed by atoms with Crippen LogP contribution in [0.5, 0.6) is 0 Å². The summed E-state index contributed by atoms with van der Waals surface area (Å²) in [5, 5.41) is 6.97. The van der Waals surface area contributed by atoms with Gasteiger partial charge in [0.2, 0.25) is 5.91 Å². The number of rotatable bonds is 4. The third kappa shape index (κ3) is 4.84. The van der Waals surface area contributed by atoms with Crippen molar-refractivity contribution in [3.8, 4) is 0 Å². The molecular weight excluding hydrogens is 271 g/mol. The highest BCUT2D eigenvalue weighted by atomic mass is 35.5. The van der Waals surface area contributed by atoms with Crippen molar-refractivity contribution in [1.82, 2.24) is 10.6 Å². The molecule has 1 heterocycles. The molecule has 5 heteroatoms. The Labute approximate surface area is 119 Å². The fraction of sp³-hybridized carbons (Fsp3) is 0.462. The van der Waals surface area contributed by atoms with E-state index in [1.807, 2.05) is 24.3 Å². The molecule has 1 fully saturated rings. The van der Waals surface area contributed by atoms with Crippen molar-refractivity contribution in [3.05, 3.63) is 34.9 Å². The highest BCUT2D eigenvalue weighted by Crippen LogP contribution is 2.11. The van der Waals surface area contributed by atoms with Gasteiger partial charge in [-0.05, 0) is 37.1 Å². The summed E-state index contributed by atoms with van der Waals surface area (Å²) < 4.78 is 0. The molecule has 1 amide bonds. The van der Waals surface area contributed by atoms with Gasteiger partial charge in [0, 0.05) is 17.6 Å². The zero-order valence-corrected chi connectivity index (χ0v) is 11.7. The Morgan fingerprint density at radius 3 is 3.00 bits per heavy atom. The summed E-state index contributed by atoms with van der Waals surface area (Å²) in [6.07, 6.45) is 2.75. The molecule has 2 rings (SSSR count). The molecule has 0 spiro atoms. The van der Waals surface area contributed by atoms with E-state index in [0.717, 1.165) is 25.1 Å². The Morgan fingerprint density at radius 2 is 2.33 bits per heavy atom. The maximum atomic E-state index is 11.7. The molecule has 0 radical (unpaired) electrons. The van der Waals surface area contributed by atoms with Crippen LogP contribution >= 0.6 is 24.0 Å². The minimum absolute atomic E-state index is 0. The molecule has 1 unspecified atom stereocenters.